The molecule has 0 aromatic heterocycles. The lowest BCUT2D eigenvalue weighted by molar-refractivity contribution is 0.0697. The van der Waals surface area contributed by atoms with E-state index in [1.807, 2.05) is 18.2 Å². The number of carboxylic acids is 1. The van der Waals surface area contributed by atoms with E-state index in [1.165, 1.54) is 5.57 Å². The summed E-state index contributed by atoms with van der Waals surface area (Å²) in [7, 11) is 0. The standard InChI is InChI=1S/C19H24O4/c20-13-3-1-2-4-14-23-18-11-9-16(10-12-18)15-5-7-17(8-6-15)19(21)22/h5-9,11,20H,1-4,10,12-14H2,(H,21,22). The van der Waals surface area contributed by atoms with Gasteiger partial charge in [-0.1, -0.05) is 24.6 Å². The van der Waals surface area contributed by atoms with Crippen molar-refractivity contribution in [3.8, 4) is 0 Å². The van der Waals surface area contributed by atoms with Gasteiger partial charge in [-0.25, -0.2) is 4.79 Å². The van der Waals surface area contributed by atoms with E-state index in [4.69, 9.17) is 14.9 Å². The van der Waals surface area contributed by atoms with E-state index < -0.39 is 5.97 Å². The van der Waals surface area contributed by atoms with Crippen LogP contribution in [0.4, 0.5) is 0 Å². The van der Waals surface area contributed by atoms with Gasteiger partial charge in [-0.15, -0.1) is 0 Å². The number of carbonyl (C=O) groups is 1. The first kappa shape index (κ1) is 17.3. The molecule has 0 aliphatic heterocycles. The van der Waals surface area contributed by atoms with E-state index in [1.54, 1.807) is 12.1 Å². The highest BCUT2D eigenvalue weighted by atomic mass is 16.5. The lowest BCUT2D eigenvalue weighted by atomic mass is 9.96. The number of aromatic carboxylic acids is 1. The molecule has 1 aromatic rings. The number of carboxylic acid groups (broad SMARTS) is 1. The van der Waals surface area contributed by atoms with Crippen molar-refractivity contribution in [3.05, 3.63) is 53.3 Å². The second kappa shape index (κ2) is 9.16. The van der Waals surface area contributed by atoms with Gasteiger partial charge in [0.05, 0.1) is 17.9 Å². The average molecular weight is 316 g/mol. The molecule has 124 valence electrons. The number of aliphatic hydroxyl groups excluding tert-OH is 1. The first-order valence-electron chi connectivity index (χ1n) is 8.18. The maximum absolute atomic E-state index is 10.9. The van der Waals surface area contributed by atoms with Crippen LogP contribution in [0.1, 0.15) is 54.4 Å². The van der Waals surface area contributed by atoms with Crippen LogP contribution in [0.25, 0.3) is 5.57 Å². The summed E-state index contributed by atoms with van der Waals surface area (Å²) in [5, 5.41) is 17.6. The molecule has 0 saturated heterocycles. The number of benzene rings is 1. The van der Waals surface area contributed by atoms with E-state index in [0.29, 0.717) is 5.56 Å². The van der Waals surface area contributed by atoms with Crippen molar-refractivity contribution in [2.75, 3.05) is 13.2 Å². The number of hydrogen-bond donors (Lipinski definition) is 2. The molecule has 0 spiro atoms. The molecule has 0 heterocycles. The topological polar surface area (TPSA) is 66.8 Å². The largest absolute Gasteiger partial charge is 0.498 e. The third-order valence-corrected chi connectivity index (χ3v) is 3.95. The quantitative estimate of drug-likeness (QED) is 0.675. The molecule has 1 aliphatic rings. The summed E-state index contributed by atoms with van der Waals surface area (Å²) < 4.78 is 5.77. The minimum Gasteiger partial charge on any atom is -0.498 e. The van der Waals surface area contributed by atoms with E-state index >= 15 is 0 Å². The zero-order chi connectivity index (χ0) is 16.5. The smallest absolute Gasteiger partial charge is 0.335 e. The molecule has 4 nitrogen and oxygen atoms in total. The van der Waals surface area contributed by atoms with Crippen LogP contribution in [0.2, 0.25) is 0 Å². The SMILES string of the molecule is O=C(O)c1ccc(C2=CC=C(OCCCCCCO)CC2)cc1. The van der Waals surface area contributed by atoms with Gasteiger partial charge >= 0.3 is 5.97 Å². The summed E-state index contributed by atoms with van der Waals surface area (Å²) in [6, 6.07) is 6.99. The number of ether oxygens (including phenoxy) is 1. The zero-order valence-corrected chi connectivity index (χ0v) is 13.3. The first-order valence-corrected chi connectivity index (χ1v) is 8.18. The predicted octanol–water partition coefficient (Wildman–Crippen LogP) is 4.02. The highest BCUT2D eigenvalue weighted by Gasteiger charge is 2.10. The second-order valence-corrected chi connectivity index (χ2v) is 5.69. The molecule has 0 amide bonds. The molecule has 0 saturated carbocycles. The third-order valence-electron chi connectivity index (χ3n) is 3.95. The Balaban J connectivity index is 1.81. The molecule has 0 atom stereocenters. The fourth-order valence-corrected chi connectivity index (χ4v) is 2.58. The Kier molecular flexibility index (Phi) is 6.88. The van der Waals surface area contributed by atoms with Gasteiger partial charge in [-0.2, -0.15) is 0 Å². The summed E-state index contributed by atoms with van der Waals surface area (Å²) in [5.74, 6) is 0.113. The summed E-state index contributed by atoms with van der Waals surface area (Å²) >= 11 is 0. The number of unbranched alkanes of at least 4 members (excludes halogenated alkanes) is 3. The van der Waals surface area contributed by atoms with Crippen LogP contribution < -0.4 is 0 Å². The van der Waals surface area contributed by atoms with E-state index in [0.717, 1.165) is 56.5 Å². The van der Waals surface area contributed by atoms with Crippen molar-refractivity contribution in [1.82, 2.24) is 0 Å². The zero-order valence-electron chi connectivity index (χ0n) is 13.3. The molecule has 0 radical (unpaired) electrons. The van der Waals surface area contributed by atoms with Gasteiger partial charge in [-0.05, 0) is 55.0 Å². The lowest BCUT2D eigenvalue weighted by Gasteiger charge is -2.16. The van der Waals surface area contributed by atoms with Gasteiger partial charge in [0.1, 0.15) is 0 Å². The van der Waals surface area contributed by atoms with Crippen molar-refractivity contribution in [1.29, 1.82) is 0 Å². The predicted molar refractivity (Wildman–Crippen MR) is 90.2 cm³/mol. The summed E-state index contributed by atoms with van der Waals surface area (Å²) in [6.07, 6.45) is 9.88. The van der Waals surface area contributed by atoms with Crippen molar-refractivity contribution >= 4 is 11.5 Å². The van der Waals surface area contributed by atoms with Crippen LogP contribution in [0.5, 0.6) is 0 Å². The molecule has 0 bridgehead atoms. The Morgan fingerprint density at radius 2 is 1.74 bits per heavy atom. The Bertz CT molecular complexity index is 570. The van der Waals surface area contributed by atoms with Crippen LogP contribution in [-0.2, 0) is 4.74 Å². The molecule has 23 heavy (non-hydrogen) atoms. The van der Waals surface area contributed by atoms with Crippen LogP contribution in [0.15, 0.2) is 42.2 Å². The van der Waals surface area contributed by atoms with Gasteiger partial charge in [0.25, 0.3) is 0 Å². The molecule has 2 N–H and O–H groups in total. The monoisotopic (exact) mass is 316 g/mol. The van der Waals surface area contributed by atoms with Crippen LogP contribution in [-0.4, -0.2) is 29.4 Å². The minimum absolute atomic E-state index is 0.271. The number of rotatable bonds is 9. The Hall–Kier alpha value is -2.07. The van der Waals surface area contributed by atoms with E-state index in [2.05, 4.69) is 6.08 Å². The highest BCUT2D eigenvalue weighted by Crippen LogP contribution is 2.27. The summed E-state index contributed by atoms with van der Waals surface area (Å²) in [6.45, 7) is 1.00. The van der Waals surface area contributed by atoms with E-state index in [-0.39, 0.29) is 6.61 Å². The fourth-order valence-electron chi connectivity index (χ4n) is 2.58. The van der Waals surface area contributed by atoms with Gasteiger partial charge < -0.3 is 14.9 Å². The molecule has 2 rings (SSSR count). The second-order valence-electron chi connectivity index (χ2n) is 5.69. The van der Waals surface area contributed by atoms with Crippen molar-refractivity contribution in [2.24, 2.45) is 0 Å². The van der Waals surface area contributed by atoms with Gasteiger partial charge in [0.2, 0.25) is 0 Å². The normalized spacial score (nSPS) is 14.1. The van der Waals surface area contributed by atoms with Gasteiger partial charge in [0.15, 0.2) is 0 Å². The molecular formula is C19H24O4. The number of aliphatic hydroxyl groups is 1. The fraction of sp³-hybridized carbons (Fsp3) is 0.421. The molecule has 4 heteroatoms. The number of allylic oxidation sites excluding steroid dienone is 4. The number of hydrogen-bond acceptors (Lipinski definition) is 3. The molecule has 1 aliphatic carbocycles. The molecule has 0 unspecified atom stereocenters. The average Bonchev–Trinajstić information content (AvgIpc) is 2.58. The third kappa shape index (κ3) is 5.57. The van der Waals surface area contributed by atoms with Crippen LogP contribution in [0, 0.1) is 0 Å². The Morgan fingerprint density at radius 1 is 1.00 bits per heavy atom. The summed E-state index contributed by atoms with van der Waals surface area (Å²) in [5.41, 5.74) is 2.58. The maximum atomic E-state index is 10.9. The maximum Gasteiger partial charge on any atom is 0.335 e. The molecular weight excluding hydrogens is 292 g/mol. The van der Waals surface area contributed by atoms with E-state index in [9.17, 15) is 4.79 Å². The molecule has 0 fully saturated rings. The van der Waals surface area contributed by atoms with Crippen molar-refractivity contribution < 1.29 is 19.7 Å². The van der Waals surface area contributed by atoms with Gasteiger partial charge in [0, 0.05) is 13.0 Å². The van der Waals surface area contributed by atoms with Crippen LogP contribution in [0.3, 0.4) is 0 Å². The highest BCUT2D eigenvalue weighted by molar-refractivity contribution is 5.88. The lowest BCUT2D eigenvalue weighted by Crippen LogP contribution is -2.00. The molecule has 1 aromatic carbocycles. The Labute approximate surface area is 137 Å². The van der Waals surface area contributed by atoms with Crippen molar-refractivity contribution in [3.63, 3.8) is 0 Å². The first-order chi connectivity index (χ1) is 11.2. The van der Waals surface area contributed by atoms with Crippen molar-refractivity contribution in [2.45, 2.75) is 38.5 Å². The van der Waals surface area contributed by atoms with Gasteiger partial charge in [-0.3, -0.25) is 0 Å². The summed E-state index contributed by atoms with van der Waals surface area (Å²) in [4.78, 5) is 10.9. The van der Waals surface area contributed by atoms with Crippen LogP contribution >= 0.6 is 0 Å². The Morgan fingerprint density at radius 3 is 2.35 bits per heavy atom. The minimum atomic E-state index is -0.899.